The second-order valence-corrected chi connectivity index (χ2v) is 3.82. The lowest BCUT2D eigenvalue weighted by Gasteiger charge is -2.04. The van der Waals surface area contributed by atoms with Gasteiger partial charge >= 0.3 is 0 Å². The fourth-order valence-electron chi connectivity index (χ4n) is 1.47. The van der Waals surface area contributed by atoms with Crippen LogP contribution in [0.2, 0.25) is 0 Å². The van der Waals surface area contributed by atoms with E-state index in [0.29, 0.717) is 17.8 Å². The fourth-order valence-corrected chi connectivity index (χ4v) is 1.47. The number of nitrogens with zero attached hydrogens (tertiary/aromatic N) is 1. The highest BCUT2D eigenvalue weighted by Gasteiger charge is 2.06. The number of carbonyl (C=O) groups is 1. The van der Waals surface area contributed by atoms with E-state index in [2.05, 4.69) is 15.5 Å². The summed E-state index contributed by atoms with van der Waals surface area (Å²) < 4.78 is 0. The monoisotopic (exact) mass is 230 g/mol. The van der Waals surface area contributed by atoms with Crippen molar-refractivity contribution >= 4 is 11.6 Å². The molecule has 5 nitrogen and oxygen atoms in total. The van der Waals surface area contributed by atoms with Crippen LogP contribution in [0.3, 0.4) is 0 Å². The molecule has 5 heteroatoms. The number of anilines is 1. The van der Waals surface area contributed by atoms with Crippen LogP contribution in [0, 0.1) is 6.92 Å². The molecule has 1 aromatic carbocycles. The van der Waals surface area contributed by atoms with Gasteiger partial charge in [-0.25, -0.2) is 0 Å². The number of aryl methyl sites for hydroxylation is 1. The Morgan fingerprint density at radius 2 is 2.12 bits per heavy atom. The Morgan fingerprint density at radius 3 is 2.71 bits per heavy atom. The summed E-state index contributed by atoms with van der Waals surface area (Å²) in [5, 5.41) is 9.53. The van der Waals surface area contributed by atoms with Crippen LogP contribution in [-0.4, -0.2) is 16.1 Å². The summed E-state index contributed by atoms with van der Waals surface area (Å²) in [5.74, 6) is -0.120. The van der Waals surface area contributed by atoms with Crippen LogP contribution in [-0.2, 0) is 6.54 Å². The topological polar surface area (TPSA) is 83.8 Å². The van der Waals surface area contributed by atoms with Crippen molar-refractivity contribution in [2.45, 2.75) is 13.5 Å². The van der Waals surface area contributed by atoms with Crippen molar-refractivity contribution in [2.24, 2.45) is 0 Å². The Balaban J connectivity index is 1.98. The van der Waals surface area contributed by atoms with Crippen LogP contribution in [0.5, 0.6) is 0 Å². The summed E-state index contributed by atoms with van der Waals surface area (Å²) in [6.45, 7) is 2.38. The van der Waals surface area contributed by atoms with E-state index in [0.717, 1.165) is 11.3 Å². The maximum atomic E-state index is 11.8. The van der Waals surface area contributed by atoms with E-state index in [1.165, 1.54) is 0 Å². The SMILES string of the molecule is Cc1[nH]ncc1CNC(=O)c1ccc(N)cc1. The second kappa shape index (κ2) is 4.69. The average Bonchev–Trinajstić information content (AvgIpc) is 2.73. The molecule has 2 aromatic rings. The number of nitrogen functional groups attached to an aromatic ring is 1. The zero-order valence-corrected chi connectivity index (χ0v) is 9.53. The third-order valence-corrected chi connectivity index (χ3v) is 2.55. The number of hydrogen-bond acceptors (Lipinski definition) is 3. The molecule has 0 saturated carbocycles. The van der Waals surface area contributed by atoms with E-state index in [9.17, 15) is 4.79 Å². The Labute approximate surface area is 99.0 Å². The lowest BCUT2D eigenvalue weighted by Crippen LogP contribution is -2.22. The summed E-state index contributed by atoms with van der Waals surface area (Å²) >= 11 is 0. The van der Waals surface area contributed by atoms with Gasteiger partial charge < -0.3 is 11.1 Å². The Kier molecular flexibility index (Phi) is 3.09. The maximum Gasteiger partial charge on any atom is 0.251 e. The molecule has 0 saturated heterocycles. The summed E-state index contributed by atoms with van der Waals surface area (Å²) in [4.78, 5) is 11.8. The number of H-pyrrole nitrogens is 1. The summed E-state index contributed by atoms with van der Waals surface area (Å²) in [5.41, 5.74) is 8.74. The van der Waals surface area contributed by atoms with Crippen LogP contribution in [0.1, 0.15) is 21.6 Å². The molecule has 0 bridgehead atoms. The summed E-state index contributed by atoms with van der Waals surface area (Å²) in [6, 6.07) is 6.82. The highest BCUT2D eigenvalue weighted by Crippen LogP contribution is 2.06. The van der Waals surface area contributed by atoms with Gasteiger partial charge in [-0.2, -0.15) is 5.10 Å². The van der Waals surface area contributed by atoms with Gasteiger partial charge in [-0.3, -0.25) is 9.89 Å². The molecule has 88 valence electrons. The van der Waals surface area contributed by atoms with Crippen molar-refractivity contribution in [3.8, 4) is 0 Å². The molecule has 17 heavy (non-hydrogen) atoms. The molecule has 0 unspecified atom stereocenters. The minimum absolute atomic E-state index is 0.120. The number of amides is 1. The predicted octanol–water partition coefficient (Wildman–Crippen LogP) is 1.23. The van der Waals surface area contributed by atoms with Gasteiger partial charge in [0.15, 0.2) is 0 Å². The van der Waals surface area contributed by atoms with Crippen LogP contribution in [0.25, 0.3) is 0 Å². The lowest BCUT2D eigenvalue weighted by atomic mass is 10.2. The van der Waals surface area contributed by atoms with Crippen LogP contribution >= 0.6 is 0 Å². The minimum atomic E-state index is -0.120. The van der Waals surface area contributed by atoms with E-state index in [4.69, 9.17) is 5.73 Å². The van der Waals surface area contributed by atoms with Crippen molar-refractivity contribution in [1.29, 1.82) is 0 Å². The zero-order chi connectivity index (χ0) is 12.3. The van der Waals surface area contributed by atoms with E-state index in [1.54, 1.807) is 30.5 Å². The van der Waals surface area contributed by atoms with Crippen molar-refractivity contribution in [3.63, 3.8) is 0 Å². The summed E-state index contributed by atoms with van der Waals surface area (Å²) in [6.07, 6.45) is 1.71. The zero-order valence-electron chi connectivity index (χ0n) is 9.53. The molecule has 1 heterocycles. The first-order chi connectivity index (χ1) is 8.16. The normalized spacial score (nSPS) is 10.2. The largest absolute Gasteiger partial charge is 0.399 e. The molecule has 0 radical (unpaired) electrons. The van der Waals surface area contributed by atoms with Gasteiger partial charge in [-0.05, 0) is 31.2 Å². The van der Waals surface area contributed by atoms with Crippen LogP contribution in [0.15, 0.2) is 30.5 Å². The molecule has 4 N–H and O–H groups in total. The smallest absolute Gasteiger partial charge is 0.251 e. The van der Waals surface area contributed by atoms with E-state index >= 15 is 0 Å². The summed E-state index contributed by atoms with van der Waals surface area (Å²) in [7, 11) is 0. The van der Waals surface area contributed by atoms with Crippen molar-refractivity contribution in [3.05, 3.63) is 47.3 Å². The molecule has 1 aromatic heterocycles. The Bertz CT molecular complexity index is 516. The number of rotatable bonds is 3. The predicted molar refractivity (Wildman–Crippen MR) is 65.3 cm³/mol. The number of hydrogen-bond donors (Lipinski definition) is 3. The third-order valence-electron chi connectivity index (χ3n) is 2.55. The molecule has 0 atom stereocenters. The van der Waals surface area contributed by atoms with Crippen molar-refractivity contribution in [2.75, 3.05) is 5.73 Å². The van der Waals surface area contributed by atoms with Gasteiger partial charge in [0.2, 0.25) is 0 Å². The first-order valence-electron chi connectivity index (χ1n) is 5.29. The number of nitrogens with one attached hydrogen (secondary N) is 2. The van der Waals surface area contributed by atoms with E-state index < -0.39 is 0 Å². The molecule has 0 aliphatic carbocycles. The number of aromatic nitrogens is 2. The number of carbonyl (C=O) groups excluding carboxylic acids is 1. The van der Waals surface area contributed by atoms with Crippen LogP contribution < -0.4 is 11.1 Å². The Morgan fingerprint density at radius 1 is 1.41 bits per heavy atom. The first-order valence-corrected chi connectivity index (χ1v) is 5.29. The number of nitrogens with two attached hydrogens (primary N) is 1. The fraction of sp³-hybridized carbons (Fsp3) is 0.167. The first kappa shape index (κ1) is 11.2. The maximum absolute atomic E-state index is 11.8. The standard InChI is InChI=1S/C12H14N4O/c1-8-10(7-15-16-8)6-14-12(17)9-2-4-11(13)5-3-9/h2-5,7H,6,13H2,1H3,(H,14,17)(H,15,16). The highest BCUT2D eigenvalue weighted by atomic mass is 16.1. The Hall–Kier alpha value is -2.30. The molecule has 0 aliphatic rings. The lowest BCUT2D eigenvalue weighted by molar-refractivity contribution is 0.0951. The quantitative estimate of drug-likeness (QED) is 0.693. The van der Waals surface area contributed by atoms with Gasteiger partial charge in [0.25, 0.3) is 5.91 Å². The van der Waals surface area contributed by atoms with E-state index in [-0.39, 0.29) is 5.91 Å². The van der Waals surface area contributed by atoms with Crippen LogP contribution in [0.4, 0.5) is 5.69 Å². The molecular formula is C12H14N4O. The van der Waals surface area contributed by atoms with Crippen molar-refractivity contribution in [1.82, 2.24) is 15.5 Å². The number of aromatic amines is 1. The van der Waals surface area contributed by atoms with E-state index in [1.807, 2.05) is 6.92 Å². The molecule has 0 aliphatic heterocycles. The molecule has 0 spiro atoms. The number of benzene rings is 1. The molecule has 1 amide bonds. The molecular weight excluding hydrogens is 216 g/mol. The van der Waals surface area contributed by atoms with Gasteiger partial charge in [0.1, 0.15) is 0 Å². The van der Waals surface area contributed by atoms with Gasteiger partial charge in [-0.1, -0.05) is 0 Å². The molecule has 2 rings (SSSR count). The van der Waals surface area contributed by atoms with Crippen molar-refractivity contribution < 1.29 is 4.79 Å². The third kappa shape index (κ3) is 2.63. The second-order valence-electron chi connectivity index (χ2n) is 3.82. The molecule has 0 fully saturated rings. The minimum Gasteiger partial charge on any atom is -0.399 e. The van der Waals surface area contributed by atoms with Gasteiger partial charge in [-0.15, -0.1) is 0 Å². The van der Waals surface area contributed by atoms with Gasteiger partial charge in [0, 0.05) is 29.1 Å². The average molecular weight is 230 g/mol. The van der Waals surface area contributed by atoms with Gasteiger partial charge in [0.05, 0.1) is 6.20 Å². The highest BCUT2D eigenvalue weighted by molar-refractivity contribution is 5.94.